The molecule has 0 heterocycles. The standard InChI is InChI=1S/C20H24N4O9/c1-20(2)10-8-19(33-24-29)17(14-32-23-28)18(20)7-6-15(12-30-21-26)4-3-5-16(9-11-25)13-31-22-27/h3-7,9,11,19H,8,10,12-14H2,1-2H3/b5-3+,7-6+,15-4-,16-9+. The van der Waals surface area contributed by atoms with E-state index in [0.717, 1.165) is 5.57 Å². The van der Waals surface area contributed by atoms with E-state index in [1.54, 1.807) is 24.3 Å². The summed E-state index contributed by atoms with van der Waals surface area (Å²) in [5.74, 6) is 0. The summed E-state index contributed by atoms with van der Waals surface area (Å²) in [5, 5.41) is 9.57. The number of hydrogen-bond acceptors (Lipinski definition) is 13. The van der Waals surface area contributed by atoms with Crippen molar-refractivity contribution >= 4 is 6.29 Å². The molecule has 0 aliphatic heterocycles. The third-order valence-electron chi connectivity index (χ3n) is 4.87. The maximum atomic E-state index is 10.7. The van der Waals surface area contributed by atoms with E-state index in [-0.39, 0.29) is 25.2 Å². The first-order valence-corrected chi connectivity index (χ1v) is 9.69. The molecule has 0 N–H and O–H groups in total. The van der Waals surface area contributed by atoms with E-state index in [1.165, 1.54) is 12.2 Å². The van der Waals surface area contributed by atoms with Crippen molar-refractivity contribution in [2.75, 3.05) is 19.8 Å². The summed E-state index contributed by atoms with van der Waals surface area (Å²) in [6.07, 6.45) is 10.2. The van der Waals surface area contributed by atoms with E-state index in [1.807, 2.05) is 13.8 Å². The van der Waals surface area contributed by atoms with Crippen LogP contribution in [0.4, 0.5) is 0 Å². The molecule has 1 aliphatic rings. The van der Waals surface area contributed by atoms with Gasteiger partial charge in [0.25, 0.3) is 0 Å². The molecule has 0 saturated carbocycles. The fraction of sp³-hybridized carbons (Fsp3) is 0.450. The molecule has 0 aromatic rings. The molecule has 0 saturated heterocycles. The van der Waals surface area contributed by atoms with E-state index in [9.17, 15) is 24.4 Å². The van der Waals surface area contributed by atoms with Crippen LogP contribution in [0.2, 0.25) is 0 Å². The van der Waals surface area contributed by atoms with Gasteiger partial charge in [-0.2, -0.15) is 0 Å². The quantitative estimate of drug-likeness (QED) is 0.105. The van der Waals surface area contributed by atoms with E-state index >= 15 is 0 Å². The topological polar surface area (TPSA) is 172 Å². The molecule has 1 aliphatic carbocycles. The maximum absolute atomic E-state index is 10.7. The fourth-order valence-electron chi connectivity index (χ4n) is 3.25. The highest BCUT2D eigenvalue weighted by Crippen LogP contribution is 2.42. The Hall–Kier alpha value is -4.03. The SMILES string of the molecule is CC1(C)CCC(ON=O)C(CON=O)=C1/C=C/C(=C/C=C/C(=C\C=O)CON=O)CON=O. The first kappa shape index (κ1) is 27.0. The number of aldehydes is 1. The molecule has 178 valence electrons. The van der Waals surface area contributed by atoms with Crippen LogP contribution in [0.15, 0.2) is 80.1 Å². The van der Waals surface area contributed by atoms with Crippen molar-refractivity contribution in [3.05, 3.63) is 78.4 Å². The van der Waals surface area contributed by atoms with Crippen LogP contribution in [0.1, 0.15) is 26.7 Å². The van der Waals surface area contributed by atoms with Gasteiger partial charge >= 0.3 is 0 Å². The predicted octanol–water partition coefficient (Wildman–Crippen LogP) is 4.43. The molecule has 1 unspecified atom stereocenters. The summed E-state index contributed by atoms with van der Waals surface area (Å²) >= 11 is 0. The van der Waals surface area contributed by atoms with Crippen molar-refractivity contribution in [2.45, 2.75) is 32.8 Å². The van der Waals surface area contributed by atoms with Gasteiger partial charge in [-0.05, 0) is 41.1 Å². The zero-order chi connectivity index (χ0) is 24.5. The second kappa shape index (κ2) is 14.9. The van der Waals surface area contributed by atoms with Gasteiger partial charge in [-0.1, -0.05) is 44.2 Å². The Morgan fingerprint density at radius 1 is 0.939 bits per heavy atom. The number of carbonyl (C=O) groups excluding carboxylic acids is 1. The molecule has 0 radical (unpaired) electrons. The molecule has 33 heavy (non-hydrogen) atoms. The zero-order valence-corrected chi connectivity index (χ0v) is 18.1. The summed E-state index contributed by atoms with van der Waals surface area (Å²) < 4.78 is 0. The molecular weight excluding hydrogens is 440 g/mol. The largest absolute Gasteiger partial charge is 0.359 e. The van der Waals surface area contributed by atoms with Gasteiger partial charge in [-0.15, -0.1) is 19.6 Å². The fourth-order valence-corrected chi connectivity index (χ4v) is 3.25. The molecule has 0 aromatic carbocycles. The van der Waals surface area contributed by atoms with Crippen molar-refractivity contribution in [3.63, 3.8) is 0 Å². The first-order valence-electron chi connectivity index (χ1n) is 9.69. The van der Waals surface area contributed by atoms with Crippen molar-refractivity contribution in [1.29, 1.82) is 0 Å². The minimum Gasteiger partial charge on any atom is -0.359 e. The van der Waals surface area contributed by atoms with Crippen molar-refractivity contribution in [3.8, 4) is 0 Å². The number of carbonyl (C=O) groups is 1. The number of hydrogen-bond donors (Lipinski definition) is 0. The average Bonchev–Trinajstić information content (AvgIpc) is 2.79. The lowest BCUT2D eigenvalue weighted by molar-refractivity contribution is -0.104. The second-order valence-corrected chi connectivity index (χ2v) is 7.39. The lowest BCUT2D eigenvalue weighted by Gasteiger charge is -2.36. The number of allylic oxidation sites excluding steroid dienone is 5. The summed E-state index contributed by atoms with van der Waals surface area (Å²) in [6.45, 7) is 3.37. The number of nitrogens with zero attached hydrogens (tertiary/aromatic N) is 4. The van der Waals surface area contributed by atoms with Crippen LogP contribution >= 0.6 is 0 Å². The third-order valence-corrected chi connectivity index (χ3v) is 4.87. The highest BCUT2D eigenvalue weighted by molar-refractivity contribution is 5.67. The Bertz CT molecular complexity index is 860. The van der Waals surface area contributed by atoms with Crippen LogP contribution in [-0.2, 0) is 24.1 Å². The summed E-state index contributed by atoms with van der Waals surface area (Å²) in [5.41, 5.74) is 1.76. The summed E-state index contributed by atoms with van der Waals surface area (Å²) in [6, 6.07) is 0. The van der Waals surface area contributed by atoms with Gasteiger partial charge in [0.2, 0.25) is 0 Å². The normalized spacial score (nSPS) is 18.7. The van der Waals surface area contributed by atoms with Crippen LogP contribution in [0, 0.1) is 25.0 Å². The zero-order valence-electron chi connectivity index (χ0n) is 18.1. The Labute approximate surface area is 188 Å². The van der Waals surface area contributed by atoms with Crippen LogP contribution < -0.4 is 0 Å². The van der Waals surface area contributed by atoms with Gasteiger partial charge < -0.3 is 19.4 Å². The minimum absolute atomic E-state index is 0.172. The van der Waals surface area contributed by atoms with Crippen LogP contribution in [-0.4, -0.2) is 32.2 Å². The van der Waals surface area contributed by atoms with Crippen molar-refractivity contribution in [1.82, 2.24) is 0 Å². The molecule has 0 aromatic heterocycles. The number of rotatable bonds is 16. The summed E-state index contributed by atoms with van der Waals surface area (Å²) in [4.78, 5) is 70.9. The van der Waals surface area contributed by atoms with Gasteiger partial charge in [0, 0.05) is 5.57 Å². The molecule has 0 spiro atoms. The summed E-state index contributed by atoms with van der Waals surface area (Å²) in [7, 11) is 0. The Balaban J connectivity index is 3.30. The Morgan fingerprint density at radius 2 is 1.58 bits per heavy atom. The molecular formula is C20H24N4O9. The van der Waals surface area contributed by atoms with Crippen LogP contribution in [0.3, 0.4) is 0 Å². The lowest BCUT2D eigenvalue weighted by atomic mass is 9.71. The van der Waals surface area contributed by atoms with E-state index in [0.29, 0.717) is 35.8 Å². The van der Waals surface area contributed by atoms with Crippen molar-refractivity contribution < 1.29 is 24.1 Å². The third kappa shape index (κ3) is 9.33. The van der Waals surface area contributed by atoms with Gasteiger partial charge in [-0.3, -0.25) is 4.79 Å². The van der Waals surface area contributed by atoms with Gasteiger partial charge in [0.1, 0.15) is 26.1 Å². The maximum Gasteiger partial charge on any atom is 0.155 e. The van der Waals surface area contributed by atoms with Gasteiger partial charge in [0.15, 0.2) is 27.5 Å². The second-order valence-electron chi connectivity index (χ2n) is 7.39. The molecule has 13 nitrogen and oxygen atoms in total. The minimum atomic E-state index is -0.681. The van der Waals surface area contributed by atoms with Gasteiger partial charge in [0.05, 0.1) is 0 Å². The Kier molecular flexibility index (Phi) is 12.2. The molecule has 0 fully saturated rings. The lowest BCUT2D eigenvalue weighted by Crippen LogP contribution is -2.31. The molecule has 0 bridgehead atoms. The molecule has 0 amide bonds. The van der Waals surface area contributed by atoms with Crippen molar-refractivity contribution in [2.24, 2.45) is 26.8 Å². The molecule has 1 rings (SSSR count). The van der Waals surface area contributed by atoms with E-state index in [2.05, 4.69) is 35.9 Å². The molecule has 1 atom stereocenters. The average molecular weight is 464 g/mol. The van der Waals surface area contributed by atoms with E-state index < -0.39 is 6.10 Å². The van der Waals surface area contributed by atoms with Crippen LogP contribution in [0.5, 0.6) is 0 Å². The highest BCUT2D eigenvalue weighted by Gasteiger charge is 2.35. The van der Waals surface area contributed by atoms with Crippen LogP contribution in [0.25, 0.3) is 0 Å². The van der Waals surface area contributed by atoms with E-state index in [4.69, 9.17) is 4.84 Å². The Morgan fingerprint density at radius 3 is 2.15 bits per heavy atom. The van der Waals surface area contributed by atoms with Gasteiger partial charge in [-0.25, -0.2) is 0 Å². The monoisotopic (exact) mass is 464 g/mol. The predicted molar refractivity (Wildman–Crippen MR) is 116 cm³/mol. The molecule has 13 heteroatoms. The highest BCUT2D eigenvalue weighted by atomic mass is 16.7. The smallest absolute Gasteiger partial charge is 0.155 e. The first-order chi connectivity index (χ1) is 15.9.